The summed E-state index contributed by atoms with van der Waals surface area (Å²) in [6.07, 6.45) is 0. The number of hydrogen-bond donors (Lipinski definition) is 1. The van der Waals surface area contributed by atoms with Crippen LogP contribution in [-0.4, -0.2) is 34.1 Å². The molecule has 0 aliphatic carbocycles. The molecule has 3 rings (SSSR count). The molecule has 26 heavy (non-hydrogen) atoms. The van der Waals surface area contributed by atoms with Crippen LogP contribution in [0.4, 0.5) is 5.82 Å². The molecule has 0 bridgehead atoms. The van der Waals surface area contributed by atoms with Gasteiger partial charge in [0, 0.05) is 25.6 Å². The normalized spacial score (nSPS) is 11.9. The van der Waals surface area contributed by atoms with Gasteiger partial charge in [-0.15, -0.1) is 11.3 Å². The molecule has 0 saturated heterocycles. The third-order valence-electron chi connectivity index (χ3n) is 3.87. The summed E-state index contributed by atoms with van der Waals surface area (Å²) in [5, 5.41) is 1.87. The Morgan fingerprint density at radius 2 is 2.04 bits per heavy atom. The van der Waals surface area contributed by atoms with Gasteiger partial charge in [-0.3, -0.25) is 4.79 Å². The van der Waals surface area contributed by atoms with Crippen LogP contribution in [-0.2, 0) is 23.3 Å². The first-order valence-electron chi connectivity index (χ1n) is 8.33. The van der Waals surface area contributed by atoms with Crippen LogP contribution in [0.1, 0.15) is 38.1 Å². The first-order chi connectivity index (χ1) is 12.3. The first kappa shape index (κ1) is 18.5. The second kappa shape index (κ2) is 7.13. The van der Waals surface area contributed by atoms with Gasteiger partial charge in [0.25, 0.3) is 5.56 Å². The van der Waals surface area contributed by atoms with Crippen molar-refractivity contribution in [2.75, 3.05) is 19.1 Å². The van der Waals surface area contributed by atoms with Crippen LogP contribution in [0.5, 0.6) is 0 Å². The minimum Gasteiger partial charge on any atom is -0.378 e. The predicted molar refractivity (Wildman–Crippen MR) is 104 cm³/mol. The van der Waals surface area contributed by atoms with Gasteiger partial charge in [-0.1, -0.05) is 20.8 Å². The predicted octanol–water partition coefficient (Wildman–Crippen LogP) is 2.85. The Labute approximate surface area is 156 Å². The van der Waals surface area contributed by atoms with Gasteiger partial charge >= 0.3 is 0 Å². The maximum absolute atomic E-state index is 12.2. The van der Waals surface area contributed by atoms with Gasteiger partial charge in [0.05, 0.1) is 24.4 Å². The van der Waals surface area contributed by atoms with Crippen molar-refractivity contribution in [2.24, 2.45) is 0 Å². The molecule has 0 aliphatic heterocycles. The lowest BCUT2D eigenvalue weighted by Gasteiger charge is -2.23. The molecule has 138 valence electrons. The van der Waals surface area contributed by atoms with Crippen LogP contribution >= 0.6 is 11.3 Å². The lowest BCUT2D eigenvalue weighted by molar-refractivity contribution is 0.181. The zero-order valence-electron chi connectivity index (χ0n) is 15.7. The molecule has 8 heteroatoms. The number of H-pyrrole nitrogens is 1. The minimum atomic E-state index is -0.179. The molecule has 0 saturated carbocycles. The summed E-state index contributed by atoms with van der Waals surface area (Å²) in [4.78, 5) is 30.8. The third-order valence-corrected chi connectivity index (χ3v) is 4.77. The Balaban J connectivity index is 1.93. The maximum Gasteiger partial charge on any atom is 0.268 e. The highest BCUT2D eigenvalue weighted by Crippen LogP contribution is 2.23. The van der Waals surface area contributed by atoms with Crippen LogP contribution in [0, 0.1) is 0 Å². The highest BCUT2D eigenvalue weighted by molar-refractivity contribution is 7.17. The van der Waals surface area contributed by atoms with Gasteiger partial charge < -0.3 is 14.6 Å². The number of methoxy groups -OCH3 is 1. The molecule has 0 amide bonds. The fraction of sp³-hybridized carbons (Fsp3) is 0.444. The number of aromatic nitrogens is 4. The van der Waals surface area contributed by atoms with Crippen LogP contribution in [0.25, 0.3) is 10.2 Å². The number of aromatic amines is 1. The van der Waals surface area contributed by atoms with Crippen molar-refractivity contribution in [1.29, 1.82) is 0 Å². The van der Waals surface area contributed by atoms with Crippen LogP contribution in [0.3, 0.4) is 0 Å². The van der Waals surface area contributed by atoms with Gasteiger partial charge in [-0.05, 0) is 11.4 Å². The number of nitrogens with one attached hydrogen (secondary N) is 1. The molecule has 0 aliphatic rings. The first-order valence-corrected chi connectivity index (χ1v) is 9.21. The number of hydrogen-bond acceptors (Lipinski definition) is 7. The van der Waals surface area contributed by atoms with Gasteiger partial charge in [0.2, 0.25) is 0 Å². The number of nitrogens with zero attached hydrogens (tertiary/aromatic N) is 4. The highest BCUT2D eigenvalue weighted by atomic mass is 32.1. The van der Waals surface area contributed by atoms with E-state index in [1.54, 1.807) is 7.11 Å². The summed E-state index contributed by atoms with van der Waals surface area (Å²) >= 11 is 1.40. The van der Waals surface area contributed by atoms with Crippen LogP contribution in [0.15, 0.2) is 22.3 Å². The van der Waals surface area contributed by atoms with Gasteiger partial charge in [0.1, 0.15) is 22.2 Å². The summed E-state index contributed by atoms with van der Waals surface area (Å²) < 4.78 is 5.89. The monoisotopic (exact) mass is 373 g/mol. The van der Waals surface area contributed by atoms with E-state index < -0.39 is 0 Å². The van der Waals surface area contributed by atoms with Crippen molar-refractivity contribution in [3.63, 3.8) is 0 Å². The van der Waals surface area contributed by atoms with Crippen molar-refractivity contribution in [3.8, 4) is 0 Å². The smallest absolute Gasteiger partial charge is 0.268 e. The third kappa shape index (κ3) is 3.91. The Morgan fingerprint density at radius 1 is 1.27 bits per heavy atom. The summed E-state index contributed by atoms with van der Waals surface area (Å²) in [6.45, 7) is 7.08. The van der Waals surface area contributed by atoms with Crippen molar-refractivity contribution in [1.82, 2.24) is 19.9 Å². The average molecular weight is 373 g/mol. The molecule has 0 spiro atoms. The van der Waals surface area contributed by atoms with E-state index in [0.29, 0.717) is 23.7 Å². The lowest BCUT2D eigenvalue weighted by atomic mass is 9.95. The minimum absolute atomic E-state index is 0.105. The topological polar surface area (TPSA) is 84.0 Å². The van der Waals surface area contributed by atoms with E-state index in [2.05, 4.69) is 35.7 Å². The molecular formula is C18H23N5O2S. The Kier molecular flexibility index (Phi) is 5.06. The maximum atomic E-state index is 12.2. The van der Waals surface area contributed by atoms with E-state index in [4.69, 9.17) is 9.72 Å². The highest BCUT2D eigenvalue weighted by Gasteiger charge is 2.20. The standard InChI is InChI=1S/C18H23N5O2S/c1-18(2,3)17-19-11(10-25-5)8-14(22-17)23(4)9-13-20-12-6-7-26-15(12)16(24)21-13/h6-8H,9-10H2,1-5H3,(H,20,21,24). The second-order valence-corrected chi connectivity index (χ2v) is 8.14. The summed E-state index contributed by atoms with van der Waals surface area (Å²) in [6, 6.07) is 3.76. The Morgan fingerprint density at radius 3 is 2.73 bits per heavy atom. The summed E-state index contributed by atoms with van der Waals surface area (Å²) in [5.74, 6) is 2.13. The number of ether oxygens (including phenoxy) is 1. The molecule has 0 unspecified atom stereocenters. The summed E-state index contributed by atoms with van der Waals surface area (Å²) in [7, 11) is 3.57. The molecule has 0 atom stereocenters. The number of fused-ring (bicyclic) bond motifs is 1. The van der Waals surface area contributed by atoms with Crippen molar-refractivity contribution in [2.45, 2.75) is 39.3 Å². The summed E-state index contributed by atoms with van der Waals surface area (Å²) in [5.41, 5.74) is 1.26. The molecule has 1 N–H and O–H groups in total. The van der Waals surface area contributed by atoms with Crippen molar-refractivity contribution in [3.05, 3.63) is 45.2 Å². The SMILES string of the molecule is COCc1cc(N(C)Cc2nc3ccsc3c(=O)[nH]2)nc(C(C)(C)C)n1. The molecule has 0 radical (unpaired) electrons. The largest absolute Gasteiger partial charge is 0.378 e. The quantitative estimate of drug-likeness (QED) is 0.740. The van der Waals surface area contributed by atoms with Gasteiger partial charge in [-0.25, -0.2) is 15.0 Å². The molecule has 0 aromatic carbocycles. The fourth-order valence-electron chi connectivity index (χ4n) is 2.54. The Hall–Kier alpha value is -2.32. The second-order valence-electron chi connectivity index (χ2n) is 7.23. The van der Waals surface area contributed by atoms with Crippen LogP contribution < -0.4 is 10.5 Å². The average Bonchev–Trinajstić information content (AvgIpc) is 3.03. The zero-order valence-corrected chi connectivity index (χ0v) is 16.5. The fourth-order valence-corrected chi connectivity index (χ4v) is 3.26. The van der Waals surface area contributed by atoms with E-state index in [1.807, 2.05) is 29.5 Å². The van der Waals surface area contributed by atoms with E-state index in [9.17, 15) is 4.79 Å². The number of anilines is 1. The number of rotatable bonds is 5. The van der Waals surface area contributed by atoms with Crippen molar-refractivity contribution < 1.29 is 4.74 Å². The lowest BCUT2D eigenvalue weighted by Crippen LogP contribution is -2.25. The van der Waals surface area contributed by atoms with Crippen LogP contribution in [0.2, 0.25) is 0 Å². The molecular weight excluding hydrogens is 350 g/mol. The Bertz CT molecular complexity index is 974. The van der Waals surface area contributed by atoms with E-state index in [1.165, 1.54) is 11.3 Å². The molecule has 7 nitrogen and oxygen atoms in total. The molecule has 3 heterocycles. The van der Waals surface area contributed by atoms with E-state index in [0.717, 1.165) is 22.9 Å². The zero-order chi connectivity index (χ0) is 18.9. The van der Waals surface area contributed by atoms with Gasteiger partial charge in [-0.2, -0.15) is 0 Å². The van der Waals surface area contributed by atoms with E-state index in [-0.39, 0.29) is 11.0 Å². The number of thiophene rings is 1. The van der Waals surface area contributed by atoms with E-state index >= 15 is 0 Å². The molecule has 3 aromatic rings. The molecule has 3 aromatic heterocycles. The molecule has 0 fully saturated rings. The van der Waals surface area contributed by atoms with Crippen molar-refractivity contribution >= 4 is 27.4 Å². The van der Waals surface area contributed by atoms with Gasteiger partial charge in [0.15, 0.2) is 0 Å².